The average molecular weight is 298 g/mol. The lowest BCUT2D eigenvalue weighted by molar-refractivity contribution is -0.187. The minimum atomic E-state index is -0.297. The van der Waals surface area contributed by atoms with Crippen LogP contribution < -0.4 is 0 Å². The van der Waals surface area contributed by atoms with E-state index in [0.717, 1.165) is 38.9 Å². The molecule has 1 aliphatic heterocycles. The van der Waals surface area contributed by atoms with Crippen LogP contribution >= 0.6 is 11.3 Å². The van der Waals surface area contributed by atoms with Gasteiger partial charge in [0.25, 0.3) is 0 Å². The molecule has 0 unspecified atom stereocenters. The number of rotatable bonds is 4. The van der Waals surface area contributed by atoms with Gasteiger partial charge in [0, 0.05) is 23.9 Å². The highest BCUT2D eigenvalue weighted by atomic mass is 32.1. The third kappa shape index (κ3) is 3.01. The molecule has 2 heterocycles. The summed E-state index contributed by atoms with van der Waals surface area (Å²) in [6.45, 7) is 1.45. The van der Waals surface area contributed by atoms with Gasteiger partial charge in [-0.25, -0.2) is 4.98 Å². The SMILES string of the molecule is COOC=Nc1ncc(C2CCC3(CC2)OCCO3)s1. The maximum atomic E-state index is 5.75. The number of aliphatic imine (C=N–C) groups is 1. The smallest absolute Gasteiger partial charge is 0.222 e. The molecule has 1 saturated carbocycles. The molecule has 0 amide bonds. The molecule has 1 aromatic heterocycles. The second kappa shape index (κ2) is 6.17. The Balaban J connectivity index is 1.58. The van der Waals surface area contributed by atoms with Gasteiger partial charge in [-0.2, -0.15) is 9.88 Å². The predicted octanol–water partition coefficient (Wildman–Crippen LogP) is 2.78. The molecular formula is C13H18N2O4S. The Hall–Kier alpha value is -1.02. The van der Waals surface area contributed by atoms with Crippen molar-refractivity contribution in [1.29, 1.82) is 0 Å². The number of hydrogen-bond acceptors (Lipinski definition) is 7. The molecule has 2 aliphatic rings. The lowest BCUT2D eigenvalue weighted by Gasteiger charge is -2.34. The fourth-order valence-electron chi connectivity index (χ4n) is 2.76. The molecule has 1 spiro atoms. The molecule has 1 saturated heterocycles. The number of thiazole rings is 1. The van der Waals surface area contributed by atoms with Crippen molar-refractivity contribution in [2.24, 2.45) is 4.99 Å². The van der Waals surface area contributed by atoms with Crippen LogP contribution in [0, 0.1) is 0 Å². The normalized spacial score (nSPS) is 22.9. The van der Waals surface area contributed by atoms with Gasteiger partial charge < -0.3 is 14.4 Å². The van der Waals surface area contributed by atoms with Crippen LogP contribution in [0.2, 0.25) is 0 Å². The van der Waals surface area contributed by atoms with Crippen LogP contribution in [0.4, 0.5) is 5.13 Å². The van der Waals surface area contributed by atoms with Gasteiger partial charge in [0.15, 0.2) is 5.79 Å². The van der Waals surface area contributed by atoms with Crippen molar-refractivity contribution in [2.75, 3.05) is 20.3 Å². The lowest BCUT2D eigenvalue weighted by atomic mass is 9.84. The Morgan fingerprint density at radius 1 is 1.40 bits per heavy atom. The molecule has 0 radical (unpaired) electrons. The van der Waals surface area contributed by atoms with Gasteiger partial charge in [-0.1, -0.05) is 11.3 Å². The zero-order valence-electron chi connectivity index (χ0n) is 11.4. The Labute approximate surface area is 121 Å². The molecule has 20 heavy (non-hydrogen) atoms. The van der Waals surface area contributed by atoms with E-state index in [0.29, 0.717) is 11.0 Å². The summed E-state index contributed by atoms with van der Waals surface area (Å²) in [6, 6.07) is 0. The Morgan fingerprint density at radius 2 is 2.15 bits per heavy atom. The zero-order valence-corrected chi connectivity index (χ0v) is 12.2. The molecule has 6 nitrogen and oxygen atoms in total. The van der Waals surface area contributed by atoms with Crippen LogP contribution in [-0.2, 0) is 19.2 Å². The van der Waals surface area contributed by atoms with Crippen LogP contribution in [0.25, 0.3) is 0 Å². The summed E-state index contributed by atoms with van der Waals surface area (Å²) in [5.41, 5.74) is 0. The van der Waals surface area contributed by atoms with E-state index < -0.39 is 0 Å². The summed E-state index contributed by atoms with van der Waals surface area (Å²) in [6.07, 6.45) is 7.21. The Bertz CT molecular complexity index is 461. The molecule has 1 aromatic rings. The molecule has 2 fully saturated rings. The second-order valence-corrected chi connectivity index (χ2v) is 5.97. The largest absolute Gasteiger partial charge is 0.348 e. The third-order valence-corrected chi connectivity index (χ3v) is 4.84. The minimum absolute atomic E-state index is 0.297. The van der Waals surface area contributed by atoms with Crippen LogP contribution in [0.3, 0.4) is 0 Å². The molecule has 0 aromatic carbocycles. The van der Waals surface area contributed by atoms with Crippen LogP contribution in [-0.4, -0.2) is 37.5 Å². The summed E-state index contributed by atoms with van der Waals surface area (Å²) in [7, 11) is 1.43. The quantitative estimate of drug-likeness (QED) is 0.370. The number of hydrogen-bond donors (Lipinski definition) is 0. The van der Waals surface area contributed by atoms with Crippen molar-refractivity contribution >= 4 is 22.9 Å². The van der Waals surface area contributed by atoms with Crippen molar-refractivity contribution in [3.63, 3.8) is 0 Å². The van der Waals surface area contributed by atoms with Crippen molar-refractivity contribution in [3.8, 4) is 0 Å². The molecule has 7 heteroatoms. The number of ether oxygens (including phenoxy) is 2. The fourth-order valence-corrected chi connectivity index (χ4v) is 3.68. The standard InChI is InChI=1S/C13H18N2O4S/c1-16-19-9-15-12-14-8-11(20-12)10-2-4-13(5-3-10)17-6-7-18-13/h8-10H,2-7H2,1H3. The first-order valence-electron chi connectivity index (χ1n) is 6.77. The van der Waals surface area contributed by atoms with Gasteiger partial charge in [0.05, 0.1) is 20.3 Å². The Morgan fingerprint density at radius 3 is 2.85 bits per heavy atom. The topological polar surface area (TPSA) is 62.2 Å². The highest BCUT2D eigenvalue weighted by molar-refractivity contribution is 7.15. The highest BCUT2D eigenvalue weighted by Crippen LogP contribution is 2.44. The van der Waals surface area contributed by atoms with Gasteiger partial charge >= 0.3 is 0 Å². The van der Waals surface area contributed by atoms with Gasteiger partial charge in [0.1, 0.15) is 0 Å². The summed E-state index contributed by atoms with van der Waals surface area (Å²) in [5.74, 6) is 0.229. The molecular weight excluding hydrogens is 280 g/mol. The van der Waals surface area contributed by atoms with Gasteiger partial charge in [-0.15, -0.1) is 0 Å². The van der Waals surface area contributed by atoms with E-state index in [1.54, 1.807) is 11.3 Å². The number of nitrogens with zero attached hydrogens (tertiary/aromatic N) is 2. The summed E-state index contributed by atoms with van der Waals surface area (Å²) in [4.78, 5) is 18.6. The Kier molecular flexibility index (Phi) is 4.30. The van der Waals surface area contributed by atoms with Crippen LogP contribution in [0.1, 0.15) is 36.5 Å². The van der Waals surface area contributed by atoms with Crippen molar-refractivity contribution in [3.05, 3.63) is 11.1 Å². The highest BCUT2D eigenvalue weighted by Gasteiger charge is 2.40. The maximum Gasteiger partial charge on any atom is 0.222 e. The summed E-state index contributed by atoms with van der Waals surface area (Å²) < 4.78 is 11.5. The second-order valence-electron chi connectivity index (χ2n) is 4.92. The van der Waals surface area contributed by atoms with Crippen molar-refractivity contribution in [2.45, 2.75) is 37.4 Å². The van der Waals surface area contributed by atoms with E-state index in [4.69, 9.17) is 9.47 Å². The lowest BCUT2D eigenvalue weighted by Crippen LogP contribution is -2.34. The molecule has 0 bridgehead atoms. The third-order valence-electron chi connectivity index (χ3n) is 3.78. The monoisotopic (exact) mass is 298 g/mol. The van der Waals surface area contributed by atoms with E-state index in [-0.39, 0.29) is 5.79 Å². The summed E-state index contributed by atoms with van der Waals surface area (Å²) >= 11 is 1.59. The molecule has 1 aliphatic carbocycles. The average Bonchev–Trinajstić information content (AvgIpc) is 3.11. The first-order valence-corrected chi connectivity index (χ1v) is 7.59. The molecule has 3 rings (SSSR count). The van der Waals surface area contributed by atoms with Gasteiger partial charge in [-0.3, -0.25) is 0 Å². The molecule has 0 N–H and O–H groups in total. The fraction of sp³-hybridized carbons (Fsp3) is 0.692. The number of aromatic nitrogens is 1. The van der Waals surface area contributed by atoms with Crippen LogP contribution in [0.5, 0.6) is 0 Å². The maximum absolute atomic E-state index is 5.75. The predicted molar refractivity (Wildman–Crippen MR) is 74.2 cm³/mol. The van der Waals surface area contributed by atoms with Gasteiger partial charge in [0.2, 0.25) is 11.5 Å². The first-order chi connectivity index (χ1) is 9.81. The zero-order chi connectivity index (χ0) is 13.8. The van der Waals surface area contributed by atoms with Crippen molar-refractivity contribution in [1.82, 2.24) is 4.98 Å². The minimum Gasteiger partial charge on any atom is -0.348 e. The van der Waals surface area contributed by atoms with E-state index in [1.165, 1.54) is 18.4 Å². The first kappa shape index (κ1) is 13.9. The van der Waals surface area contributed by atoms with Crippen LogP contribution in [0.15, 0.2) is 11.2 Å². The van der Waals surface area contributed by atoms with E-state index in [9.17, 15) is 0 Å². The molecule has 110 valence electrons. The van der Waals surface area contributed by atoms with E-state index >= 15 is 0 Å². The van der Waals surface area contributed by atoms with Gasteiger partial charge in [-0.05, 0) is 18.8 Å². The van der Waals surface area contributed by atoms with Crippen molar-refractivity contribution < 1.29 is 19.2 Å². The summed E-state index contributed by atoms with van der Waals surface area (Å²) in [5, 5.41) is 0.686. The molecule has 0 atom stereocenters. The van der Waals surface area contributed by atoms with E-state index in [2.05, 4.69) is 19.8 Å². The van der Waals surface area contributed by atoms with E-state index in [1.807, 2.05) is 6.20 Å².